The number of aryl methyl sites for hydroxylation is 1. The molecular formula is C10H11N5O4. The van der Waals surface area contributed by atoms with Gasteiger partial charge in [0.05, 0.1) is 23.3 Å². The SMILES string of the molecule is CCOC(=O)c1cnn(-c2nn(C)cc2[N+](=O)[O-])c1. The summed E-state index contributed by atoms with van der Waals surface area (Å²) in [6, 6.07) is 0. The Morgan fingerprint density at radius 2 is 2.26 bits per heavy atom. The van der Waals surface area contributed by atoms with Gasteiger partial charge in [0, 0.05) is 13.2 Å². The molecular weight excluding hydrogens is 254 g/mol. The van der Waals surface area contributed by atoms with Crippen LogP contribution in [0.15, 0.2) is 18.6 Å². The minimum absolute atomic E-state index is 0.0445. The van der Waals surface area contributed by atoms with Crippen LogP contribution in [0.2, 0.25) is 0 Å². The van der Waals surface area contributed by atoms with Crippen molar-refractivity contribution in [3.05, 3.63) is 34.3 Å². The summed E-state index contributed by atoms with van der Waals surface area (Å²) in [7, 11) is 1.56. The number of hydrogen-bond donors (Lipinski definition) is 0. The zero-order valence-electron chi connectivity index (χ0n) is 10.3. The van der Waals surface area contributed by atoms with E-state index in [2.05, 4.69) is 10.2 Å². The first-order valence-electron chi connectivity index (χ1n) is 5.43. The van der Waals surface area contributed by atoms with E-state index in [0.29, 0.717) is 0 Å². The summed E-state index contributed by atoms with van der Waals surface area (Å²) < 4.78 is 7.28. The maximum atomic E-state index is 11.5. The lowest BCUT2D eigenvalue weighted by atomic mass is 10.4. The van der Waals surface area contributed by atoms with Crippen LogP contribution in [0.5, 0.6) is 0 Å². The van der Waals surface area contributed by atoms with Gasteiger partial charge in [0.2, 0.25) is 0 Å². The maximum Gasteiger partial charge on any atom is 0.341 e. The van der Waals surface area contributed by atoms with Crippen LogP contribution in [-0.2, 0) is 11.8 Å². The third kappa shape index (κ3) is 2.44. The number of esters is 1. The topological polar surface area (TPSA) is 105 Å². The standard InChI is InChI=1S/C10H11N5O4/c1-3-19-10(16)7-4-11-14(5-7)9-8(15(17)18)6-13(2)12-9/h4-6H,3H2,1-2H3. The second kappa shape index (κ2) is 4.88. The first kappa shape index (κ1) is 12.7. The van der Waals surface area contributed by atoms with Crippen LogP contribution in [0, 0.1) is 10.1 Å². The van der Waals surface area contributed by atoms with E-state index in [1.165, 1.54) is 28.0 Å². The fraction of sp³-hybridized carbons (Fsp3) is 0.300. The molecule has 0 aliphatic carbocycles. The fourth-order valence-electron chi connectivity index (χ4n) is 1.51. The van der Waals surface area contributed by atoms with Crippen LogP contribution in [0.3, 0.4) is 0 Å². The minimum Gasteiger partial charge on any atom is -0.462 e. The summed E-state index contributed by atoms with van der Waals surface area (Å²) in [4.78, 5) is 21.8. The van der Waals surface area contributed by atoms with E-state index in [1.54, 1.807) is 14.0 Å². The summed E-state index contributed by atoms with van der Waals surface area (Å²) in [5.41, 5.74) is 0.0165. The first-order chi connectivity index (χ1) is 9.02. The Morgan fingerprint density at radius 1 is 1.53 bits per heavy atom. The molecule has 0 unspecified atom stereocenters. The second-order valence-electron chi connectivity index (χ2n) is 3.66. The molecule has 0 atom stereocenters. The quantitative estimate of drug-likeness (QED) is 0.457. The van der Waals surface area contributed by atoms with Gasteiger partial charge in [-0.25, -0.2) is 9.48 Å². The summed E-state index contributed by atoms with van der Waals surface area (Å²) in [5, 5.41) is 18.7. The molecule has 0 N–H and O–H groups in total. The predicted octanol–water partition coefficient (Wildman–Crippen LogP) is 0.691. The van der Waals surface area contributed by atoms with E-state index in [4.69, 9.17) is 4.74 Å². The number of aromatic nitrogens is 4. The molecule has 0 saturated heterocycles. The summed E-state index contributed by atoms with van der Waals surface area (Å²) in [6.45, 7) is 1.93. The number of ether oxygens (including phenoxy) is 1. The van der Waals surface area contributed by atoms with Crippen LogP contribution >= 0.6 is 0 Å². The lowest BCUT2D eigenvalue weighted by Gasteiger charge is -1.97. The third-order valence-electron chi connectivity index (χ3n) is 2.30. The molecule has 0 aliphatic heterocycles. The zero-order valence-corrected chi connectivity index (χ0v) is 10.3. The molecule has 0 aromatic carbocycles. The van der Waals surface area contributed by atoms with Gasteiger partial charge in [0.25, 0.3) is 5.82 Å². The lowest BCUT2D eigenvalue weighted by Crippen LogP contribution is -2.04. The van der Waals surface area contributed by atoms with Gasteiger partial charge in [-0.15, -0.1) is 5.10 Å². The smallest absolute Gasteiger partial charge is 0.341 e. The van der Waals surface area contributed by atoms with E-state index >= 15 is 0 Å². The number of hydrogen-bond acceptors (Lipinski definition) is 6. The van der Waals surface area contributed by atoms with E-state index in [-0.39, 0.29) is 23.7 Å². The van der Waals surface area contributed by atoms with Gasteiger partial charge in [-0.3, -0.25) is 14.8 Å². The zero-order chi connectivity index (χ0) is 14.0. The minimum atomic E-state index is -0.561. The Bertz CT molecular complexity index is 630. The third-order valence-corrected chi connectivity index (χ3v) is 2.30. The van der Waals surface area contributed by atoms with E-state index in [1.807, 2.05) is 0 Å². The molecule has 9 nitrogen and oxygen atoms in total. The fourth-order valence-corrected chi connectivity index (χ4v) is 1.51. The van der Waals surface area contributed by atoms with E-state index < -0.39 is 10.9 Å². The molecule has 2 heterocycles. The molecule has 0 aliphatic rings. The Kier molecular flexibility index (Phi) is 3.27. The lowest BCUT2D eigenvalue weighted by molar-refractivity contribution is -0.384. The Morgan fingerprint density at radius 3 is 2.89 bits per heavy atom. The van der Waals surface area contributed by atoms with Gasteiger partial charge < -0.3 is 4.74 Å². The Balaban J connectivity index is 2.38. The monoisotopic (exact) mass is 265 g/mol. The molecule has 0 radical (unpaired) electrons. The molecule has 0 saturated carbocycles. The molecule has 0 spiro atoms. The van der Waals surface area contributed by atoms with Crippen molar-refractivity contribution in [1.29, 1.82) is 0 Å². The van der Waals surface area contributed by atoms with Crippen molar-refractivity contribution in [2.75, 3.05) is 6.61 Å². The van der Waals surface area contributed by atoms with Gasteiger partial charge in [0.1, 0.15) is 6.20 Å². The largest absolute Gasteiger partial charge is 0.462 e. The number of carbonyl (C=O) groups is 1. The predicted molar refractivity (Wildman–Crippen MR) is 62.9 cm³/mol. The molecule has 9 heteroatoms. The van der Waals surface area contributed by atoms with Crippen molar-refractivity contribution in [3.63, 3.8) is 0 Å². The van der Waals surface area contributed by atoms with Gasteiger partial charge in [0.15, 0.2) is 0 Å². The molecule has 2 rings (SSSR count). The van der Waals surface area contributed by atoms with Crippen molar-refractivity contribution in [1.82, 2.24) is 19.6 Å². The average Bonchev–Trinajstić information content (AvgIpc) is 2.95. The van der Waals surface area contributed by atoms with Crippen molar-refractivity contribution in [2.45, 2.75) is 6.92 Å². The first-order valence-corrected chi connectivity index (χ1v) is 5.43. The van der Waals surface area contributed by atoms with Crippen molar-refractivity contribution < 1.29 is 14.5 Å². The number of carbonyl (C=O) groups excluding carboxylic acids is 1. The van der Waals surface area contributed by atoms with Gasteiger partial charge in [-0.2, -0.15) is 5.10 Å². The van der Waals surface area contributed by atoms with Gasteiger partial charge in [-0.05, 0) is 6.92 Å². The summed E-state index contributed by atoms with van der Waals surface area (Å²) >= 11 is 0. The van der Waals surface area contributed by atoms with Crippen LogP contribution < -0.4 is 0 Å². The van der Waals surface area contributed by atoms with Crippen molar-refractivity contribution in [3.8, 4) is 5.82 Å². The number of rotatable bonds is 4. The van der Waals surface area contributed by atoms with Crippen LogP contribution in [-0.4, -0.2) is 37.1 Å². The maximum absolute atomic E-state index is 11.5. The second-order valence-corrected chi connectivity index (χ2v) is 3.66. The van der Waals surface area contributed by atoms with Crippen molar-refractivity contribution >= 4 is 11.7 Å². The molecule has 2 aromatic heterocycles. The van der Waals surface area contributed by atoms with Crippen LogP contribution in [0.25, 0.3) is 5.82 Å². The number of nitrogens with zero attached hydrogens (tertiary/aromatic N) is 5. The van der Waals surface area contributed by atoms with Crippen LogP contribution in [0.4, 0.5) is 5.69 Å². The molecule has 0 fully saturated rings. The molecule has 2 aromatic rings. The Labute approximate surface area is 107 Å². The van der Waals surface area contributed by atoms with Crippen LogP contribution in [0.1, 0.15) is 17.3 Å². The van der Waals surface area contributed by atoms with E-state index in [0.717, 1.165) is 0 Å². The molecule has 100 valence electrons. The van der Waals surface area contributed by atoms with E-state index in [9.17, 15) is 14.9 Å². The highest BCUT2D eigenvalue weighted by Crippen LogP contribution is 2.20. The van der Waals surface area contributed by atoms with Gasteiger partial charge >= 0.3 is 11.7 Å². The Hall–Kier alpha value is -2.71. The normalized spacial score (nSPS) is 10.4. The molecule has 0 amide bonds. The van der Waals surface area contributed by atoms with Crippen molar-refractivity contribution in [2.24, 2.45) is 7.05 Å². The number of nitro groups is 1. The highest BCUT2D eigenvalue weighted by atomic mass is 16.6. The summed E-state index contributed by atoms with van der Waals surface area (Å²) in [5.74, 6) is -0.490. The van der Waals surface area contributed by atoms with Gasteiger partial charge in [-0.1, -0.05) is 0 Å². The highest BCUT2D eigenvalue weighted by molar-refractivity contribution is 5.88. The summed E-state index contributed by atoms with van der Waals surface area (Å²) in [6.07, 6.45) is 3.88. The molecule has 19 heavy (non-hydrogen) atoms. The average molecular weight is 265 g/mol. The molecule has 0 bridgehead atoms. The highest BCUT2D eigenvalue weighted by Gasteiger charge is 2.22.